The highest BCUT2D eigenvalue weighted by atomic mass is 32.1. The first-order chi connectivity index (χ1) is 19.6. The molecule has 212 valence electrons. The number of anilines is 1. The van der Waals surface area contributed by atoms with Crippen LogP contribution in [-0.2, 0) is 14.3 Å². The van der Waals surface area contributed by atoms with Gasteiger partial charge in [0.15, 0.2) is 22.4 Å². The predicted octanol–water partition coefficient (Wildman–Crippen LogP) is 4.54. The van der Waals surface area contributed by atoms with E-state index in [-0.39, 0.29) is 21.3 Å². The lowest BCUT2D eigenvalue weighted by atomic mass is 9.96. The van der Waals surface area contributed by atoms with Gasteiger partial charge in [0.05, 0.1) is 43.8 Å². The van der Waals surface area contributed by atoms with Gasteiger partial charge in [-0.2, -0.15) is 0 Å². The number of carbonyl (C=O) groups is 3. The van der Waals surface area contributed by atoms with Gasteiger partial charge in [0.25, 0.3) is 5.78 Å². The molecule has 1 saturated heterocycles. The van der Waals surface area contributed by atoms with Crippen molar-refractivity contribution in [1.82, 2.24) is 14.4 Å². The van der Waals surface area contributed by atoms with Crippen molar-refractivity contribution < 1.29 is 33.7 Å². The minimum absolute atomic E-state index is 0.101. The molecule has 1 atom stereocenters. The molecule has 4 aromatic rings. The molecule has 11 nitrogen and oxygen atoms in total. The quantitative estimate of drug-likeness (QED) is 0.146. The largest absolute Gasteiger partial charge is 0.505 e. The van der Waals surface area contributed by atoms with Crippen LogP contribution < -0.4 is 14.4 Å². The van der Waals surface area contributed by atoms with Gasteiger partial charge in [-0.15, -0.1) is 0 Å². The van der Waals surface area contributed by atoms with E-state index >= 15 is 0 Å². The second-order valence-electron chi connectivity index (χ2n) is 9.35. The fourth-order valence-electron chi connectivity index (χ4n) is 4.92. The van der Waals surface area contributed by atoms with E-state index in [2.05, 4.69) is 9.97 Å². The highest BCUT2D eigenvalue weighted by molar-refractivity contribution is 7.17. The van der Waals surface area contributed by atoms with E-state index in [1.165, 1.54) is 19.1 Å². The maximum atomic E-state index is 13.7. The van der Waals surface area contributed by atoms with Gasteiger partial charge < -0.3 is 23.7 Å². The van der Waals surface area contributed by atoms with Crippen LogP contribution in [0.1, 0.15) is 50.8 Å². The van der Waals surface area contributed by atoms with Gasteiger partial charge in [-0.25, -0.2) is 14.8 Å². The van der Waals surface area contributed by atoms with Crippen molar-refractivity contribution in [3.05, 3.63) is 75.2 Å². The van der Waals surface area contributed by atoms with E-state index in [1.54, 1.807) is 32.0 Å². The average molecular weight is 577 g/mol. The molecule has 0 radical (unpaired) electrons. The van der Waals surface area contributed by atoms with Crippen molar-refractivity contribution in [3.8, 4) is 11.5 Å². The Balaban J connectivity index is 1.77. The third-order valence-corrected chi connectivity index (χ3v) is 8.05. The van der Waals surface area contributed by atoms with Crippen LogP contribution in [-0.4, -0.2) is 58.0 Å². The van der Waals surface area contributed by atoms with Crippen LogP contribution >= 0.6 is 11.3 Å². The number of aliphatic hydroxyl groups is 1. The Kier molecular flexibility index (Phi) is 7.26. The Hall–Kier alpha value is -4.71. The number of methoxy groups -OCH3 is 2. The summed E-state index contributed by atoms with van der Waals surface area (Å²) < 4.78 is 17.9. The average Bonchev–Trinajstić information content (AvgIpc) is 3.60. The molecule has 1 N–H and O–H groups in total. The zero-order valence-electron chi connectivity index (χ0n) is 23.3. The summed E-state index contributed by atoms with van der Waals surface area (Å²) in [5, 5.41) is 11.8. The van der Waals surface area contributed by atoms with Crippen molar-refractivity contribution in [2.75, 3.05) is 25.7 Å². The maximum Gasteiger partial charge on any atom is 0.350 e. The van der Waals surface area contributed by atoms with Gasteiger partial charge in [0, 0.05) is 6.20 Å². The smallest absolute Gasteiger partial charge is 0.350 e. The number of carbonyl (C=O) groups excluding carboxylic acids is 3. The summed E-state index contributed by atoms with van der Waals surface area (Å²) in [5.74, 6) is -2.02. The Labute approximate surface area is 239 Å². The number of nitrogens with zero attached hydrogens (tertiary/aromatic N) is 4. The number of esters is 1. The fourth-order valence-corrected chi connectivity index (χ4v) is 5.93. The summed E-state index contributed by atoms with van der Waals surface area (Å²) in [4.78, 5) is 50.1. The van der Waals surface area contributed by atoms with E-state index < -0.39 is 29.5 Å². The molecule has 0 bridgehead atoms. The molecule has 5 rings (SSSR count). The molecule has 12 heteroatoms. The van der Waals surface area contributed by atoms with E-state index in [0.29, 0.717) is 40.7 Å². The monoisotopic (exact) mass is 576 g/mol. The lowest BCUT2D eigenvalue weighted by molar-refractivity contribution is -0.132. The van der Waals surface area contributed by atoms with Crippen LogP contribution in [0, 0.1) is 20.8 Å². The second kappa shape index (κ2) is 10.7. The summed E-state index contributed by atoms with van der Waals surface area (Å²) in [6.07, 6.45) is 1.81. The van der Waals surface area contributed by atoms with E-state index in [9.17, 15) is 19.5 Å². The Bertz CT molecular complexity index is 1750. The molecule has 3 aromatic heterocycles. The molecule has 1 fully saturated rings. The lowest BCUT2D eigenvalue weighted by Crippen LogP contribution is -2.29. The zero-order valence-corrected chi connectivity index (χ0v) is 24.2. The number of rotatable bonds is 7. The zero-order chi connectivity index (χ0) is 29.6. The fraction of sp³-hybridized carbons (Fsp3) is 0.276. The highest BCUT2D eigenvalue weighted by Crippen LogP contribution is 2.45. The van der Waals surface area contributed by atoms with Crippen LogP contribution in [0.2, 0.25) is 0 Å². The summed E-state index contributed by atoms with van der Waals surface area (Å²) in [6, 6.07) is 7.64. The van der Waals surface area contributed by atoms with Crippen LogP contribution in [0.15, 0.2) is 42.1 Å². The normalized spacial score (nSPS) is 16.4. The summed E-state index contributed by atoms with van der Waals surface area (Å²) >= 11 is 0.921. The first-order valence-corrected chi connectivity index (χ1v) is 13.6. The van der Waals surface area contributed by atoms with Gasteiger partial charge in [0.2, 0.25) is 0 Å². The number of Topliss-reactive ketones (excluding diaryl/α,β-unsaturated/α-hetero) is 1. The Morgan fingerprint density at radius 1 is 1.10 bits per heavy atom. The van der Waals surface area contributed by atoms with Crippen LogP contribution in [0.25, 0.3) is 11.4 Å². The first kappa shape index (κ1) is 27.8. The van der Waals surface area contributed by atoms with Crippen molar-refractivity contribution in [3.63, 3.8) is 0 Å². The maximum absolute atomic E-state index is 13.7. The Morgan fingerprint density at radius 2 is 1.85 bits per heavy atom. The lowest BCUT2D eigenvalue weighted by Gasteiger charge is -2.23. The molecule has 0 aliphatic carbocycles. The third kappa shape index (κ3) is 4.49. The van der Waals surface area contributed by atoms with Crippen molar-refractivity contribution in [1.29, 1.82) is 0 Å². The number of fused-ring (bicyclic) bond motifs is 1. The molecule has 1 aliphatic rings. The second-order valence-corrected chi connectivity index (χ2v) is 10.3. The Morgan fingerprint density at radius 3 is 2.51 bits per heavy atom. The number of benzene rings is 1. The number of pyridine rings is 1. The molecular weight excluding hydrogens is 548 g/mol. The van der Waals surface area contributed by atoms with Gasteiger partial charge in [-0.3, -0.25) is 14.5 Å². The van der Waals surface area contributed by atoms with Gasteiger partial charge >= 0.3 is 11.9 Å². The number of imidazole rings is 1. The summed E-state index contributed by atoms with van der Waals surface area (Å²) in [6.45, 7) is 7.51. The number of amides is 1. The van der Waals surface area contributed by atoms with Gasteiger partial charge in [-0.05, 0) is 57.0 Å². The molecule has 0 saturated carbocycles. The van der Waals surface area contributed by atoms with E-state index in [4.69, 9.17) is 14.2 Å². The molecule has 0 spiro atoms. The summed E-state index contributed by atoms with van der Waals surface area (Å²) in [7, 11) is 2.73. The number of hydrogen-bond acceptors (Lipinski definition) is 10. The van der Waals surface area contributed by atoms with Crippen LogP contribution in [0.5, 0.6) is 11.5 Å². The third-order valence-electron chi connectivity index (χ3n) is 6.92. The topological polar surface area (TPSA) is 133 Å². The van der Waals surface area contributed by atoms with Crippen LogP contribution in [0.3, 0.4) is 0 Å². The summed E-state index contributed by atoms with van der Waals surface area (Å²) in [5.41, 5.74) is 2.87. The highest BCUT2D eigenvalue weighted by Gasteiger charge is 2.49. The molecule has 41 heavy (non-hydrogen) atoms. The van der Waals surface area contributed by atoms with Crippen molar-refractivity contribution >= 4 is 45.5 Å². The number of thiazole rings is 1. The number of aryl methyl sites for hydroxylation is 3. The number of ketones is 1. The SMILES string of the molecule is CCOc1ccc(C2/C(=C(\O)c3nc4c(C)cccn4c3C)C(=O)C(=O)N2c2nc(C)c(C(=O)OC)s2)cc1OC. The molecule has 1 amide bonds. The molecule has 1 aliphatic heterocycles. The first-order valence-electron chi connectivity index (χ1n) is 12.7. The van der Waals surface area contributed by atoms with E-state index in [0.717, 1.165) is 16.9 Å². The molecular formula is C29H28N4O7S. The number of hydrogen-bond donors (Lipinski definition) is 1. The van der Waals surface area contributed by atoms with Crippen molar-refractivity contribution in [2.24, 2.45) is 0 Å². The van der Waals surface area contributed by atoms with Crippen molar-refractivity contribution in [2.45, 2.75) is 33.7 Å². The number of aliphatic hydroxyl groups excluding tert-OH is 1. The number of ether oxygens (including phenoxy) is 3. The molecule has 1 aromatic carbocycles. The van der Waals surface area contributed by atoms with Gasteiger partial charge in [-0.1, -0.05) is 23.5 Å². The van der Waals surface area contributed by atoms with E-state index in [1.807, 2.05) is 36.6 Å². The predicted molar refractivity (Wildman–Crippen MR) is 152 cm³/mol. The number of aromatic nitrogens is 3. The minimum Gasteiger partial charge on any atom is -0.505 e. The minimum atomic E-state index is -1.11. The van der Waals surface area contributed by atoms with Crippen LogP contribution in [0.4, 0.5) is 5.13 Å². The molecule has 4 heterocycles. The standard InChI is InChI=1S/C29H28N4O7S/c1-7-40-18-11-10-17(13-19(18)38-5)22-20(23(34)21-16(4)32-12-8-9-14(2)26(32)31-21)24(35)27(36)33(22)29-30-15(3)25(41-29)28(37)39-6/h8-13,22,34H,7H2,1-6H3/b23-20+. The van der Waals surface area contributed by atoms with Gasteiger partial charge in [0.1, 0.15) is 16.2 Å². The molecule has 1 unspecified atom stereocenters.